The number of amides is 1. The average molecular weight is 289 g/mol. The first-order valence-electron chi connectivity index (χ1n) is 6.57. The van der Waals surface area contributed by atoms with Crippen LogP contribution < -0.4 is 5.32 Å². The van der Waals surface area contributed by atoms with E-state index in [1.54, 1.807) is 24.3 Å². The largest absolute Gasteiger partial charge is 0.384 e. The SMILES string of the molecule is O=C(NCC1(O)C=CCCC1)c1ccc2nsnc2c1. The molecule has 20 heavy (non-hydrogen) atoms. The molecule has 1 aliphatic carbocycles. The third-order valence-corrected chi connectivity index (χ3v) is 4.04. The number of allylic oxidation sites excluding steroid dienone is 1. The Balaban J connectivity index is 1.69. The Morgan fingerprint density at radius 2 is 2.25 bits per heavy atom. The molecule has 0 aliphatic heterocycles. The lowest BCUT2D eigenvalue weighted by Gasteiger charge is -2.27. The number of rotatable bonds is 3. The zero-order chi connectivity index (χ0) is 14.0. The first-order valence-corrected chi connectivity index (χ1v) is 7.30. The molecule has 5 nitrogen and oxygen atoms in total. The minimum absolute atomic E-state index is 0.202. The van der Waals surface area contributed by atoms with Crippen molar-refractivity contribution in [1.29, 1.82) is 0 Å². The van der Waals surface area contributed by atoms with Crippen molar-refractivity contribution in [2.45, 2.75) is 24.9 Å². The molecular formula is C14H15N3O2S. The van der Waals surface area contributed by atoms with Gasteiger partial charge in [-0.15, -0.1) is 0 Å². The molecule has 0 saturated carbocycles. The summed E-state index contributed by atoms with van der Waals surface area (Å²) in [6, 6.07) is 5.22. The second kappa shape index (κ2) is 5.30. The van der Waals surface area contributed by atoms with E-state index in [9.17, 15) is 9.90 Å². The second-order valence-corrected chi connectivity index (χ2v) is 5.58. The highest BCUT2D eigenvalue weighted by Crippen LogP contribution is 2.21. The molecule has 1 heterocycles. The molecule has 2 aromatic rings. The van der Waals surface area contributed by atoms with Gasteiger partial charge in [-0.1, -0.05) is 12.2 Å². The van der Waals surface area contributed by atoms with E-state index < -0.39 is 5.60 Å². The highest BCUT2D eigenvalue weighted by atomic mass is 32.1. The summed E-state index contributed by atoms with van der Waals surface area (Å²) in [5.41, 5.74) is 1.13. The van der Waals surface area contributed by atoms with Crippen LogP contribution in [0.15, 0.2) is 30.4 Å². The summed E-state index contributed by atoms with van der Waals surface area (Å²) in [7, 11) is 0. The first-order chi connectivity index (χ1) is 9.66. The normalized spacial score (nSPS) is 22.1. The van der Waals surface area contributed by atoms with Crippen LogP contribution in [0.1, 0.15) is 29.6 Å². The number of carbonyl (C=O) groups is 1. The maximum atomic E-state index is 12.1. The number of hydrogen-bond donors (Lipinski definition) is 2. The highest BCUT2D eigenvalue weighted by molar-refractivity contribution is 7.00. The van der Waals surface area contributed by atoms with Crippen LogP contribution in [0, 0.1) is 0 Å². The third kappa shape index (κ3) is 2.71. The van der Waals surface area contributed by atoms with E-state index in [2.05, 4.69) is 14.1 Å². The number of nitrogens with zero attached hydrogens (tertiary/aromatic N) is 2. The van der Waals surface area contributed by atoms with Crippen LogP contribution in [-0.2, 0) is 0 Å². The minimum atomic E-state index is -0.916. The number of hydrogen-bond acceptors (Lipinski definition) is 5. The second-order valence-electron chi connectivity index (χ2n) is 5.05. The van der Waals surface area contributed by atoms with Crippen molar-refractivity contribution in [3.8, 4) is 0 Å². The Labute approximate surface area is 120 Å². The van der Waals surface area contributed by atoms with Crippen LogP contribution >= 0.6 is 11.7 Å². The number of aliphatic hydroxyl groups is 1. The van der Waals surface area contributed by atoms with Gasteiger partial charge in [-0.25, -0.2) is 0 Å². The van der Waals surface area contributed by atoms with E-state index in [-0.39, 0.29) is 12.5 Å². The molecule has 1 aromatic carbocycles. The summed E-state index contributed by atoms with van der Waals surface area (Å²) >= 11 is 1.13. The van der Waals surface area contributed by atoms with Gasteiger partial charge in [-0.2, -0.15) is 8.75 Å². The summed E-state index contributed by atoms with van der Waals surface area (Å²) in [5, 5.41) is 13.1. The zero-order valence-corrected chi connectivity index (χ0v) is 11.7. The van der Waals surface area contributed by atoms with Crippen molar-refractivity contribution < 1.29 is 9.90 Å². The van der Waals surface area contributed by atoms with Gasteiger partial charge in [-0.05, 0) is 37.5 Å². The van der Waals surface area contributed by atoms with Gasteiger partial charge in [0.1, 0.15) is 11.0 Å². The molecule has 1 aromatic heterocycles. The molecule has 1 atom stereocenters. The molecule has 1 amide bonds. The molecule has 0 bridgehead atoms. The van der Waals surface area contributed by atoms with Crippen LogP contribution in [0.3, 0.4) is 0 Å². The molecule has 1 aliphatic rings. The lowest BCUT2D eigenvalue weighted by molar-refractivity contribution is 0.0660. The van der Waals surface area contributed by atoms with Crippen molar-refractivity contribution in [1.82, 2.24) is 14.1 Å². The fraction of sp³-hybridized carbons (Fsp3) is 0.357. The monoisotopic (exact) mass is 289 g/mol. The summed E-state index contributed by atoms with van der Waals surface area (Å²) < 4.78 is 8.21. The van der Waals surface area contributed by atoms with Crippen molar-refractivity contribution in [3.05, 3.63) is 35.9 Å². The van der Waals surface area contributed by atoms with Gasteiger partial charge in [0.05, 0.1) is 23.9 Å². The van der Waals surface area contributed by atoms with E-state index in [0.717, 1.165) is 35.6 Å². The van der Waals surface area contributed by atoms with E-state index in [1.165, 1.54) is 0 Å². The van der Waals surface area contributed by atoms with Crippen molar-refractivity contribution >= 4 is 28.7 Å². The smallest absolute Gasteiger partial charge is 0.251 e. The van der Waals surface area contributed by atoms with Gasteiger partial charge >= 0.3 is 0 Å². The number of aromatic nitrogens is 2. The standard InChI is InChI=1S/C14H15N3O2S/c18-13(15-9-14(19)6-2-1-3-7-14)10-4-5-11-12(8-10)17-20-16-11/h2,4-6,8,19H,1,3,7,9H2,(H,15,18). The van der Waals surface area contributed by atoms with Gasteiger partial charge in [-0.3, -0.25) is 4.79 Å². The molecule has 2 N–H and O–H groups in total. The van der Waals surface area contributed by atoms with Crippen molar-refractivity contribution in [2.24, 2.45) is 0 Å². The predicted molar refractivity (Wildman–Crippen MR) is 77.7 cm³/mol. The maximum absolute atomic E-state index is 12.1. The van der Waals surface area contributed by atoms with Crippen LogP contribution in [-0.4, -0.2) is 31.9 Å². The summed E-state index contributed by atoms with van der Waals surface area (Å²) in [4.78, 5) is 12.1. The molecule has 104 valence electrons. The number of nitrogens with one attached hydrogen (secondary N) is 1. The molecule has 0 fully saturated rings. The molecule has 6 heteroatoms. The lowest BCUT2D eigenvalue weighted by Crippen LogP contribution is -2.42. The van der Waals surface area contributed by atoms with Crippen LogP contribution in [0.2, 0.25) is 0 Å². The van der Waals surface area contributed by atoms with Crippen LogP contribution in [0.4, 0.5) is 0 Å². The van der Waals surface area contributed by atoms with Crippen molar-refractivity contribution in [2.75, 3.05) is 6.54 Å². The quantitative estimate of drug-likeness (QED) is 0.846. The molecule has 0 saturated heterocycles. The fourth-order valence-corrected chi connectivity index (χ4v) is 2.84. The Morgan fingerprint density at radius 3 is 3.05 bits per heavy atom. The summed E-state index contributed by atoms with van der Waals surface area (Å²) in [6.07, 6.45) is 6.36. The lowest BCUT2D eigenvalue weighted by atomic mass is 9.91. The topological polar surface area (TPSA) is 75.1 Å². The van der Waals surface area contributed by atoms with Crippen LogP contribution in [0.25, 0.3) is 11.0 Å². The van der Waals surface area contributed by atoms with E-state index >= 15 is 0 Å². The van der Waals surface area contributed by atoms with E-state index in [0.29, 0.717) is 12.0 Å². The first kappa shape index (κ1) is 13.2. The summed E-state index contributed by atoms with van der Waals surface area (Å²) in [6.45, 7) is 0.232. The fourth-order valence-electron chi connectivity index (χ4n) is 2.32. The maximum Gasteiger partial charge on any atom is 0.251 e. The summed E-state index contributed by atoms with van der Waals surface area (Å²) in [5.74, 6) is -0.202. The van der Waals surface area contributed by atoms with Crippen molar-refractivity contribution in [3.63, 3.8) is 0 Å². The average Bonchev–Trinajstić information content (AvgIpc) is 2.93. The number of fused-ring (bicyclic) bond motifs is 1. The molecule has 0 spiro atoms. The Bertz CT molecular complexity index is 667. The Kier molecular flexibility index (Phi) is 3.50. The van der Waals surface area contributed by atoms with Gasteiger partial charge < -0.3 is 10.4 Å². The van der Waals surface area contributed by atoms with Gasteiger partial charge in [0.2, 0.25) is 0 Å². The Hall–Kier alpha value is -1.79. The van der Waals surface area contributed by atoms with Gasteiger partial charge in [0, 0.05) is 5.56 Å². The van der Waals surface area contributed by atoms with Gasteiger partial charge in [0.25, 0.3) is 5.91 Å². The predicted octanol–water partition coefficient (Wildman–Crippen LogP) is 1.89. The van der Waals surface area contributed by atoms with Gasteiger partial charge in [0.15, 0.2) is 0 Å². The minimum Gasteiger partial charge on any atom is -0.384 e. The molecule has 3 rings (SSSR count). The van der Waals surface area contributed by atoms with E-state index in [4.69, 9.17) is 0 Å². The molecule has 1 unspecified atom stereocenters. The molecule has 0 radical (unpaired) electrons. The third-order valence-electron chi connectivity index (χ3n) is 3.48. The highest BCUT2D eigenvalue weighted by Gasteiger charge is 2.25. The van der Waals surface area contributed by atoms with Crippen LogP contribution in [0.5, 0.6) is 0 Å². The molecular weight excluding hydrogens is 274 g/mol. The Morgan fingerprint density at radius 1 is 1.40 bits per heavy atom. The number of carbonyl (C=O) groups excluding carboxylic acids is 1. The number of benzene rings is 1. The van der Waals surface area contributed by atoms with E-state index in [1.807, 2.05) is 6.08 Å². The zero-order valence-electron chi connectivity index (χ0n) is 10.9.